The van der Waals surface area contributed by atoms with Crippen molar-refractivity contribution >= 4 is 20.9 Å². The molecular weight excluding hydrogens is 256 g/mol. The van der Waals surface area contributed by atoms with Crippen LogP contribution >= 0.6 is 0 Å². The first-order valence-electron chi connectivity index (χ1n) is 7.39. The van der Waals surface area contributed by atoms with Gasteiger partial charge in [-0.05, 0) is 33.3 Å². The fraction of sp³-hybridized carbons (Fsp3) is 0.158. The van der Waals surface area contributed by atoms with Gasteiger partial charge < -0.3 is 0 Å². The van der Waals surface area contributed by atoms with Crippen LogP contribution in [0.4, 0.5) is 0 Å². The van der Waals surface area contributed by atoms with Crippen molar-refractivity contribution in [3.05, 3.63) is 82.9 Å². The molecule has 0 saturated heterocycles. The normalized spacial score (nSPS) is 23.6. The molecule has 0 N–H and O–H groups in total. The summed E-state index contributed by atoms with van der Waals surface area (Å²) in [6.07, 6.45) is 9.51. The Kier molecular flexibility index (Phi) is 2.74. The molecule has 0 bridgehead atoms. The van der Waals surface area contributed by atoms with E-state index in [2.05, 4.69) is 79.4 Å². The van der Waals surface area contributed by atoms with Gasteiger partial charge in [-0.3, -0.25) is 0 Å². The molecule has 0 aliphatic heterocycles. The Morgan fingerprint density at radius 1 is 0.700 bits per heavy atom. The number of hydrogen-bond acceptors (Lipinski definition) is 0. The van der Waals surface area contributed by atoms with Crippen LogP contribution in [0, 0.1) is 0 Å². The van der Waals surface area contributed by atoms with Gasteiger partial charge in [0.2, 0.25) is 0 Å². The van der Waals surface area contributed by atoms with E-state index in [4.69, 9.17) is 0 Å². The van der Waals surface area contributed by atoms with Crippen LogP contribution in [-0.4, -0.2) is 8.80 Å². The summed E-state index contributed by atoms with van der Waals surface area (Å²) >= 11 is 0. The van der Waals surface area contributed by atoms with Crippen molar-refractivity contribution in [2.75, 3.05) is 0 Å². The molecule has 0 radical (unpaired) electrons. The third-order valence-electron chi connectivity index (χ3n) is 4.81. The molecule has 2 aliphatic carbocycles. The predicted molar refractivity (Wildman–Crippen MR) is 89.4 cm³/mol. The average Bonchev–Trinajstić information content (AvgIpc) is 3.11. The minimum absolute atomic E-state index is 0.673. The first kappa shape index (κ1) is 11.9. The highest BCUT2D eigenvalue weighted by atomic mass is 28.3. The van der Waals surface area contributed by atoms with Gasteiger partial charge in [-0.25, -0.2) is 0 Å². The Bertz CT molecular complexity index is 650. The van der Waals surface area contributed by atoms with E-state index in [0.29, 0.717) is 11.1 Å². The van der Waals surface area contributed by atoms with Gasteiger partial charge in [-0.2, -0.15) is 0 Å². The highest BCUT2D eigenvalue weighted by Crippen LogP contribution is 2.40. The molecule has 20 heavy (non-hydrogen) atoms. The molecule has 98 valence electrons. The standard InChI is InChI=1S/C19H18Si/c1-20(18-12-10-14-6-2-4-8-16(14)18)19-13-11-15-7-3-5-9-17(15)19/h2-13,18-20H,1H3. The third-order valence-corrected chi connectivity index (χ3v) is 8.24. The first-order chi connectivity index (χ1) is 9.84. The Morgan fingerprint density at radius 2 is 1.15 bits per heavy atom. The van der Waals surface area contributed by atoms with Gasteiger partial charge >= 0.3 is 0 Å². The summed E-state index contributed by atoms with van der Waals surface area (Å²) in [4.78, 5) is 0. The van der Waals surface area contributed by atoms with Crippen LogP contribution in [0.5, 0.6) is 0 Å². The lowest BCUT2D eigenvalue weighted by Crippen LogP contribution is -2.25. The van der Waals surface area contributed by atoms with Gasteiger partial charge in [-0.15, -0.1) is 0 Å². The van der Waals surface area contributed by atoms with Crippen molar-refractivity contribution in [3.63, 3.8) is 0 Å². The zero-order valence-corrected chi connectivity index (χ0v) is 12.8. The number of hydrogen-bond donors (Lipinski definition) is 0. The van der Waals surface area contributed by atoms with E-state index in [1.54, 1.807) is 11.1 Å². The van der Waals surface area contributed by atoms with Gasteiger partial charge in [-0.1, -0.05) is 79.4 Å². The van der Waals surface area contributed by atoms with Crippen LogP contribution in [0.25, 0.3) is 12.2 Å². The second-order valence-corrected chi connectivity index (χ2v) is 9.04. The Balaban J connectivity index is 1.69. The lowest BCUT2D eigenvalue weighted by atomic mass is 10.1. The summed E-state index contributed by atoms with van der Waals surface area (Å²) in [5, 5.41) is 0. The maximum absolute atomic E-state index is 2.52. The topological polar surface area (TPSA) is 0 Å². The smallest absolute Gasteiger partial charge is 0.0592 e. The van der Waals surface area contributed by atoms with E-state index in [0.717, 1.165) is 0 Å². The minimum Gasteiger partial charge on any atom is -0.0794 e. The number of allylic oxidation sites excluding steroid dienone is 2. The van der Waals surface area contributed by atoms with Crippen molar-refractivity contribution in [1.29, 1.82) is 0 Å². The van der Waals surface area contributed by atoms with Crippen LogP contribution in [-0.2, 0) is 0 Å². The van der Waals surface area contributed by atoms with E-state index in [1.807, 2.05) is 0 Å². The molecule has 0 amide bonds. The summed E-state index contributed by atoms with van der Waals surface area (Å²) in [6.45, 7) is 2.52. The third kappa shape index (κ3) is 1.74. The minimum atomic E-state index is -0.955. The monoisotopic (exact) mass is 274 g/mol. The van der Waals surface area contributed by atoms with Crippen molar-refractivity contribution in [2.45, 2.75) is 17.6 Å². The molecule has 2 aromatic rings. The quantitative estimate of drug-likeness (QED) is 0.705. The largest absolute Gasteiger partial charge is 0.0794 e. The molecule has 0 heterocycles. The molecule has 2 aromatic carbocycles. The fourth-order valence-electron chi connectivity index (χ4n) is 3.69. The highest BCUT2D eigenvalue weighted by molar-refractivity contribution is 6.62. The molecule has 0 saturated carbocycles. The maximum Gasteiger partial charge on any atom is 0.0592 e. The molecule has 2 aliphatic rings. The number of benzene rings is 2. The second-order valence-electron chi connectivity index (χ2n) is 5.89. The Morgan fingerprint density at radius 3 is 1.65 bits per heavy atom. The van der Waals surface area contributed by atoms with Crippen LogP contribution < -0.4 is 0 Å². The van der Waals surface area contributed by atoms with E-state index in [1.165, 1.54) is 11.1 Å². The van der Waals surface area contributed by atoms with E-state index in [9.17, 15) is 0 Å². The van der Waals surface area contributed by atoms with E-state index >= 15 is 0 Å². The number of rotatable bonds is 2. The SMILES string of the molecule is C[SiH](C1C=Cc2ccccc21)C1C=Cc2ccccc21. The van der Waals surface area contributed by atoms with E-state index in [-0.39, 0.29) is 0 Å². The molecular formula is C19H18Si. The number of fused-ring (bicyclic) bond motifs is 2. The first-order valence-corrected chi connectivity index (χ1v) is 9.87. The second kappa shape index (κ2) is 4.60. The van der Waals surface area contributed by atoms with Crippen LogP contribution in [0.2, 0.25) is 6.55 Å². The molecule has 4 rings (SSSR count). The Labute approximate surface area is 122 Å². The summed E-state index contributed by atoms with van der Waals surface area (Å²) in [6, 6.07) is 17.8. The lowest BCUT2D eigenvalue weighted by molar-refractivity contribution is 1.09. The fourth-order valence-corrected chi connectivity index (χ4v) is 6.80. The molecule has 1 heteroatoms. The molecule has 0 spiro atoms. The highest BCUT2D eigenvalue weighted by Gasteiger charge is 2.32. The van der Waals surface area contributed by atoms with Crippen molar-refractivity contribution < 1.29 is 0 Å². The van der Waals surface area contributed by atoms with E-state index < -0.39 is 8.80 Å². The summed E-state index contributed by atoms with van der Waals surface area (Å²) in [5.41, 5.74) is 7.28. The van der Waals surface area contributed by atoms with Gasteiger partial charge in [0.1, 0.15) is 0 Å². The zero-order chi connectivity index (χ0) is 13.5. The summed E-state index contributed by atoms with van der Waals surface area (Å²) < 4.78 is 0. The molecule has 2 atom stereocenters. The molecule has 0 nitrogen and oxygen atoms in total. The Hall–Kier alpha value is -1.86. The van der Waals surface area contributed by atoms with Gasteiger partial charge in [0, 0.05) is 0 Å². The van der Waals surface area contributed by atoms with Gasteiger partial charge in [0.25, 0.3) is 0 Å². The lowest BCUT2D eigenvalue weighted by Gasteiger charge is -2.24. The van der Waals surface area contributed by atoms with Crippen LogP contribution in [0.3, 0.4) is 0 Å². The van der Waals surface area contributed by atoms with Crippen molar-refractivity contribution in [1.82, 2.24) is 0 Å². The molecule has 0 aromatic heterocycles. The van der Waals surface area contributed by atoms with Crippen LogP contribution in [0.1, 0.15) is 33.3 Å². The molecule has 2 unspecified atom stereocenters. The predicted octanol–water partition coefficient (Wildman–Crippen LogP) is 4.54. The summed E-state index contributed by atoms with van der Waals surface area (Å²) in [7, 11) is -0.955. The van der Waals surface area contributed by atoms with Crippen molar-refractivity contribution in [3.8, 4) is 0 Å². The van der Waals surface area contributed by atoms with Gasteiger partial charge in [0.05, 0.1) is 8.80 Å². The van der Waals surface area contributed by atoms with Crippen molar-refractivity contribution in [2.24, 2.45) is 0 Å². The van der Waals surface area contributed by atoms with Gasteiger partial charge in [0.15, 0.2) is 0 Å². The molecule has 0 fully saturated rings. The average molecular weight is 274 g/mol. The van der Waals surface area contributed by atoms with Crippen LogP contribution in [0.15, 0.2) is 60.7 Å². The maximum atomic E-state index is 2.52. The summed E-state index contributed by atoms with van der Waals surface area (Å²) in [5.74, 6) is 0. The zero-order valence-electron chi connectivity index (χ0n) is 11.7.